The van der Waals surface area contributed by atoms with Crippen molar-refractivity contribution in [2.24, 2.45) is 5.73 Å². The first-order valence-corrected chi connectivity index (χ1v) is 9.43. The molecule has 0 bridgehead atoms. The van der Waals surface area contributed by atoms with Crippen LogP contribution < -0.4 is 20.7 Å². The summed E-state index contributed by atoms with van der Waals surface area (Å²) < 4.78 is 5.63. The summed E-state index contributed by atoms with van der Waals surface area (Å²) in [5.74, 6) is 0.0318. The van der Waals surface area contributed by atoms with E-state index >= 15 is 0 Å². The van der Waals surface area contributed by atoms with Gasteiger partial charge in [0.05, 0.1) is 11.9 Å². The molecule has 1 aromatic heterocycles. The third-order valence-electron chi connectivity index (χ3n) is 4.65. The van der Waals surface area contributed by atoms with Gasteiger partial charge < -0.3 is 20.7 Å². The molecule has 0 spiro atoms. The first-order chi connectivity index (χ1) is 14.6. The molecule has 0 atom stereocenters. The molecule has 2 heterocycles. The van der Waals surface area contributed by atoms with E-state index in [0.29, 0.717) is 28.4 Å². The summed E-state index contributed by atoms with van der Waals surface area (Å²) in [6.45, 7) is 1.77. The minimum absolute atomic E-state index is 0.217. The van der Waals surface area contributed by atoms with Crippen LogP contribution in [0.2, 0.25) is 0 Å². The van der Waals surface area contributed by atoms with Gasteiger partial charge in [0.1, 0.15) is 5.75 Å². The fourth-order valence-corrected chi connectivity index (χ4v) is 3.06. The van der Waals surface area contributed by atoms with E-state index in [0.717, 1.165) is 18.8 Å². The summed E-state index contributed by atoms with van der Waals surface area (Å²) in [6, 6.07) is 17.4. The Kier molecular flexibility index (Phi) is 5.43. The van der Waals surface area contributed by atoms with Crippen molar-refractivity contribution in [1.29, 1.82) is 0 Å². The third kappa shape index (κ3) is 4.47. The minimum atomic E-state index is -0.531. The largest absolute Gasteiger partial charge is 0.439 e. The molecule has 4 rings (SSSR count). The van der Waals surface area contributed by atoms with Crippen LogP contribution in [0.5, 0.6) is 11.6 Å². The van der Waals surface area contributed by atoms with Gasteiger partial charge in [-0.15, -0.1) is 0 Å². The maximum Gasteiger partial charge on any atom is 0.255 e. The van der Waals surface area contributed by atoms with Crippen LogP contribution in [0.15, 0.2) is 79.0 Å². The van der Waals surface area contributed by atoms with Crippen LogP contribution in [0.3, 0.4) is 0 Å². The maximum absolute atomic E-state index is 12.5. The number of carbonyl (C=O) groups excluding carboxylic acids is 2. The molecule has 2 amide bonds. The number of anilines is 2. The number of pyridine rings is 1. The molecule has 3 N–H and O–H groups in total. The monoisotopic (exact) mass is 400 g/mol. The molecule has 2 aromatic carbocycles. The quantitative estimate of drug-likeness (QED) is 0.616. The molecule has 0 unspecified atom stereocenters. The second kappa shape index (κ2) is 8.48. The van der Waals surface area contributed by atoms with Gasteiger partial charge in [0.25, 0.3) is 5.91 Å². The molecular weight excluding hydrogens is 380 g/mol. The molecule has 7 heteroatoms. The van der Waals surface area contributed by atoms with Gasteiger partial charge in [-0.3, -0.25) is 9.59 Å². The number of nitrogens with zero attached hydrogens (tertiary/aromatic N) is 2. The number of amides is 2. The topological polar surface area (TPSA) is 97.6 Å². The number of benzene rings is 2. The van der Waals surface area contributed by atoms with Crippen molar-refractivity contribution in [2.45, 2.75) is 0 Å². The van der Waals surface area contributed by atoms with Crippen LogP contribution in [-0.2, 0) is 0 Å². The van der Waals surface area contributed by atoms with Crippen LogP contribution in [0.1, 0.15) is 20.7 Å². The van der Waals surface area contributed by atoms with Crippen molar-refractivity contribution in [1.82, 2.24) is 4.98 Å². The Hall–Kier alpha value is -4.13. The zero-order valence-corrected chi connectivity index (χ0v) is 16.1. The molecule has 7 nitrogen and oxygen atoms in total. The Balaban J connectivity index is 1.37. The SMILES string of the molecule is NC(=O)c1cccc(Oc2ccc(NC(=O)c3ccc(N4CC=CC4)cc3)cn2)c1. The molecule has 30 heavy (non-hydrogen) atoms. The van der Waals surface area contributed by atoms with Gasteiger partial charge in [0.2, 0.25) is 11.8 Å². The predicted molar refractivity (Wildman–Crippen MR) is 115 cm³/mol. The summed E-state index contributed by atoms with van der Waals surface area (Å²) in [5, 5.41) is 2.82. The Bertz CT molecular complexity index is 1080. The van der Waals surface area contributed by atoms with E-state index in [1.807, 2.05) is 12.1 Å². The highest BCUT2D eigenvalue weighted by Gasteiger charge is 2.11. The normalized spacial score (nSPS) is 12.6. The number of primary amides is 1. The fraction of sp³-hybridized carbons (Fsp3) is 0.0870. The number of carbonyl (C=O) groups is 2. The van der Waals surface area contributed by atoms with E-state index in [9.17, 15) is 9.59 Å². The Morgan fingerprint density at radius 3 is 2.40 bits per heavy atom. The van der Waals surface area contributed by atoms with E-state index in [2.05, 4.69) is 27.4 Å². The molecule has 0 radical (unpaired) electrons. The fourth-order valence-electron chi connectivity index (χ4n) is 3.06. The van der Waals surface area contributed by atoms with Crippen LogP contribution >= 0.6 is 0 Å². The molecule has 1 aliphatic heterocycles. The number of aromatic nitrogens is 1. The predicted octanol–water partition coefficient (Wildman–Crippen LogP) is 3.60. The van der Waals surface area contributed by atoms with Crippen LogP contribution in [0.25, 0.3) is 0 Å². The van der Waals surface area contributed by atoms with Gasteiger partial charge in [0, 0.05) is 36.0 Å². The zero-order valence-electron chi connectivity index (χ0n) is 16.1. The van der Waals surface area contributed by atoms with E-state index in [1.165, 1.54) is 6.20 Å². The summed E-state index contributed by atoms with van der Waals surface area (Å²) in [4.78, 5) is 30.2. The molecule has 0 aliphatic carbocycles. The van der Waals surface area contributed by atoms with E-state index < -0.39 is 5.91 Å². The Morgan fingerprint density at radius 2 is 1.73 bits per heavy atom. The number of nitrogens with two attached hydrogens (primary N) is 1. The van der Waals surface area contributed by atoms with E-state index in [1.54, 1.807) is 48.5 Å². The summed E-state index contributed by atoms with van der Waals surface area (Å²) in [6.07, 6.45) is 5.75. The molecular formula is C23H20N4O3. The minimum Gasteiger partial charge on any atom is -0.439 e. The molecule has 0 saturated heterocycles. The summed E-state index contributed by atoms with van der Waals surface area (Å²) in [7, 11) is 0. The van der Waals surface area contributed by atoms with Crippen molar-refractivity contribution in [3.63, 3.8) is 0 Å². The highest BCUT2D eigenvalue weighted by molar-refractivity contribution is 6.04. The van der Waals surface area contributed by atoms with Crippen molar-refractivity contribution in [3.05, 3.63) is 90.1 Å². The van der Waals surface area contributed by atoms with Gasteiger partial charge in [-0.05, 0) is 48.5 Å². The lowest BCUT2D eigenvalue weighted by Crippen LogP contribution is -2.18. The van der Waals surface area contributed by atoms with Crippen LogP contribution in [0, 0.1) is 0 Å². The van der Waals surface area contributed by atoms with Crippen molar-refractivity contribution < 1.29 is 14.3 Å². The van der Waals surface area contributed by atoms with Gasteiger partial charge in [0.15, 0.2) is 0 Å². The second-order valence-electron chi connectivity index (χ2n) is 6.76. The zero-order chi connectivity index (χ0) is 20.9. The summed E-state index contributed by atoms with van der Waals surface area (Å²) in [5.41, 5.74) is 7.82. The molecule has 0 saturated carbocycles. The van der Waals surface area contributed by atoms with E-state index in [-0.39, 0.29) is 5.91 Å². The van der Waals surface area contributed by atoms with Crippen molar-refractivity contribution in [3.8, 4) is 11.6 Å². The van der Waals surface area contributed by atoms with Gasteiger partial charge in [-0.2, -0.15) is 0 Å². The van der Waals surface area contributed by atoms with Crippen LogP contribution in [-0.4, -0.2) is 29.9 Å². The Labute approximate surface area is 173 Å². The highest BCUT2D eigenvalue weighted by atomic mass is 16.5. The number of hydrogen-bond donors (Lipinski definition) is 2. The van der Waals surface area contributed by atoms with Gasteiger partial charge in [-0.1, -0.05) is 18.2 Å². The van der Waals surface area contributed by atoms with Crippen molar-refractivity contribution in [2.75, 3.05) is 23.3 Å². The lowest BCUT2D eigenvalue weighted by molar-refractivity contribution is 0.0997. The van der Waals surface area contributed by atoms with Gasteiger partial charge >= 0.3 is 0 Å². The summed E-state index contributed by atoms with van der Waals surface area (Å²) >= 11 is 0. The van der Waals surface area contributed by atoms with E-state index in [4.69, 9.17) is 10.5 Å². The number of ether oxygens (including phenoxy) is 1. The Morgan fingerprint density at radius 1 is 0.967 bits per heavy atom. The lowest BCUT2D eigenvalue weighted by Gasteiger charge is -2.17. The molecule has 1 aliphatic rings. The first-order valence-electron chi connectivity index (χ1n) is 9.43. The molecule has 3 aromatic rings. The number of rotatable bonds is 6. The first kappa shape index (κ1) is 19.2. The third-order valence-corrected chi connectivity index (χ3v) is 4.65. The van der Waals surface area contributed by atoms with Crippen molar-refractivity contribution >= 4 is 23.2 Å². The smallest absolute Gasteiger partial charge is 0.255 e. The average Bonchev–Trinajstić information content (AvgIpc) is 3.30. The van der Waals surface area contributed by atoms with Crippen LogP contribution in [0.4, 0.5) is 11.4 Å². The highest BCUT2D eigenvalue weighted by Crippen LogP contribution is 2.22. The standard InChI is InChI=1S/C23H20N4O3/c24-22(28)17-4-3-5-20(14-17)30-21-11-8-18(15-25-21)26-23(29)16-6-9-19(10-7-16)27-12-1-2-13-27/h1-11,14-15H,12-13H2,(H2,24,28)(H,26,29). The number of hydrogen-bond acceptors (Lipinski definition) is 5. The molecule has 150 valence electrons. The average molecular weight is 400 g/mol. The lowest BCUT2D eigenvalue weighted by atomic mass is 10.2. The second-order valence-corrected chi connectivity index (χ2v) is 6.76. The maximum atomic E-state index is 12.5. The molecule has 0 fully saturated rings. The number of nitrogens with one attached hydrogen (secondary N) is 1. The van der Waals surface area contributed by atoms with Gasteiger partial charge in [-0.25, -0.2) is 4.98 Å².